The molecule has 1 aromatic carbocycles. The molecule has 0 heterocycles. The highest BCUT2D eigenvalue weighted by molar-refractivity contribution is 7.89. The number of nitrogen functional groups attached to an aromatic ring is 1. The summed E-state index contributed by atoms with van der Waals surface area (Å²) in [6.45, 7) is 0. The van der Waals surface area contributed by atoms with E-state index in [2.05, 4.69) is 4.72 Å². The van der Waals surface area contributed by atoms with Crippen LogP contribution in [0.5, 0.6) is 5.75 Å². The van der Waals surface area contributed by atoms with Gasteiger partial charge >= 0.3 is 0 Å². The third-order valence-corrected chi connectivity index (χ3v) is 4.71. The number of methoxy groups -OCH3 is 1. The van der Waals surface area contributed by atoms with Crippen LogP contribution in [0.3, 0.4) is 0 Å². The zero-order valence-corrected chi connectivity index (χ0v) is 11.2. The molecular formula is C12H18N2O3S. The van der Waals surface area contributed by atoms with Crippen LogP contribution in [0.2, 0.25) is 0 Å². The number of hydrogen-bond acceptors (Lipinski definition) is 4. The highest BCUT2D eigenvalue weighted by atomic mass is 32.2. The van der Waals surface area contributed by atoms with Crippen molar-refractivity contribution in [3.8, 4) is 5.75 Å². The van der Waals surface area contributed by atoms with Gasteiger partial charge in [-0.15, -0.1) is 0 Å². The van der Waals surface area contributed by atoms with Gasteiger partial charge in [0.25, 0.3) is 0 Å². The van der Waals surface area contributed by atoms with Crippen LogP contribution in [-0.2, 0) is 10.0 Å². The number of nitrogens with one attached hydrogen (secondary N) is 1. The highest BCUT2D eigenvalue weighted by Crippen LogP contribution is 2.26. The van der Waals surface area contributed by atoms with Crippen LogP contribution in [0, 0.1) is 0 Å². The second-order valence-electron chi connectivity index (χ2n) is 4.51. The van der Waals surface area contributed by atoms with Gasteiger partial charge in [0.2, 0.25) is 10.0 Å². The van der Waals surface area contributed by atoms with Gasteiger partial charge in [0, 0.05) is 12.1 Å². The van der Waals surface area contributed by atoms with Crippen LogP contribution >= 0.6 is 0 Å². The number of sulfonamides is 1. The smallest absolute Gasteiger partial charge is 0.240 e. The molecule has 0 aromatic heterocycles. The summed E-state index contributed by atoms with van der Waals surface area (Å²) >= 11 is 0. The third-order valence-electron chi connectivity index (χ3n) is 3.19. The van der Waals surface area contributed by atoms with Gasteiger partial charge in [-0.3, -0.25) is 0 Å². The average Bonchev–Trinajstić information content (AvgIpc) is 2.81. The van der Waals surface area contributed by atoms with E-state index in [1.165, 1.54) is 19.2 Å². The average molecular weight is 270 g/mol. The number of benzene rings is 1. The molecule has 0 unspecified atom stereocenters. The SMILES string of the molecule is COc1cc(S(=O)(=O)NC2CCCC2)ccc1N. The van der Waals surface area contributed by atoms with E-state index in [-0.39, 0.29) is 10.9 Å². The molecule has 18 heavy (non-hydrogen) atoms. The zero-order chi connectivity index (χ0) is 13.2. The first kappa shape index (κ1) is 13.2. The second-order valence-corrected chi connectivity index (χ2v) is 6.22. The maximum Gasteiger partial charge on any atom is 0.240 e. The lowest BCUT2D eigenvalue weighted by Crippen LogP contribution is -2.32. The quantitative estimate of drug-likeness (QED) is 0.812. The van der Waals surface area contributed by atoms with Crippen LogP contribution < -0.4 is 15.2 Å². The molecule has 1 saturated carbocycles. The van der Waals surface area contributed by atoms with Crippen LogP contribution in [0.1, 0.15) is 25.7 Å². The molecule has 0 bridgehead atoms. The Balaban J connectivity index is 2.23. The first-order valence-electron chi connectivity index (χ1n) is 5.99. The molecule has 1 aliphatic rings. The predicted octanol–water partition coefficient (Wildman–Crippen LogP) is 1.50. The summed E-state index contributed by atoms with van der Waals surface area (Å²) < 4.78 is 32.1. The summed E-state index contributed by atoms with van der Waals surface area (Å²) in [5.41, 5.74) is 6.09. The van der Waals surface area contributed by atoms with Gasteiger partial charge in [-0.05, 0) is 25.0 Å². The van der Waals surface area contributed by atoms with Crippen LogP contribution in [0.25, 0.3) is 0 Å². The highest BCUT2D eigenvalue weighted by Gasteiger charge is 2.23. The molecule has 0 atom stereocenters. The monoisotopic (exact) mass is 270 g/mol. The molecule has 1 aliphatic carbocycles. The maximum atomic E-state index is 12.2. The van der Waals surface area contributed by atoms with Crippen LogP contribution in [-0.4, -0.2) is 21.6 Å². The Kier molecular flexibility index (Phi) is 3.77. The molecule has 5 nitrogen and oxygen atoms in total. The van der Waals surface area contributed by atoms with Gasteiger partial charge in [0.1, 0.15) is 5.75 Å². The molecule has 2 rings (SSSR count). The van der Waals surface area contributed by atoms with Gasteiger partial charge in [0.15, 0.2) is 0 Å². The van der Waals surface area contributed by atoms with Crippen molar-refractivity contribution in [2.45, 2.75) is 36.6 Å². The van der Waals surface area contributed by atoms with E-state index in [9.17, 15) is 8.42 Å². The molecule has 1 aromatic rings. The number of rotatable bonds is 4. The number of anilines is 1. The van der Waals surface area contributed by atoms with E-state index < -0.39 is 10.0 Å². The fourth-order valence-electron chi connectivity index (χ4n) is 2.19. The standard InChI is InChI=1S/C12H18N2O3S/c1-17-12-8-10(6-7-11(12)13)18(15,16)14-9-4-2-3-5-9/h6-9,14H,2-5,13H2,1H3. The Hall–Kier alpha value is -1.27. The summed E-state index contributed by atoms with van der Waals surface area (Å²) in [6, 6.07) is 4.54. The van der Waals surface area contributed by atoms with Crippen molar-refractivity contribution in [3.05, 3.63) is 18.2 Å². The number of hydrogen-bond donors (Lipinski definition) is 2. The summed E-state index contributed by atoms with van der Waals surface area (Å²) in [6.07, 6.45) is 3.98. The van der Waals surface area contributed by atoms with Crippen molar-refractivity contribution in [2.24, 2.45) is 0 Å². The summed E-state index contributed by atoms with van der Waals surface area (Å²) in [4.78, 5) is 0.195. The van der Waals surface area contributed by atoms with E-state index in [1.807, 2.05) is 0 Å². The summed E-state index contributed by atoms with van der Waals surface area (Å²) in [5, 5.41) is 0. The van der Waals surface area contributed by atoms with Gasteiger partial charge in [-0.1, -0.05) is 12.8 Å². The van der Waals surface area contributed by atoms with Crippen molar-refractivity contribution >= 4 is 15.7 Å². The molecule has 1 fully saturated rings. The Labute approximate surface area is 107 Å². The summed E-state index contributed by atoms with van der Waals surface area (Å²) in [5.74, 6) is 0.379. The predicted molar refractivity (Wildman–Crippen MR) is 70.0 cm³/mol. The fraction of sp³-hybridized carbons (Fsp3) is 0.500. The lowest BCUT2D eigenvalue weighted by atomic mass is 10.3. The fourth-order valence-corrected chi connectivity index (χ4v) is 3.51. The molecule has 0 amide bonds. The topological polar surface area (TPSA) is 81.4 Å². The molecule has 3 N–H and O–H groups in total. The van der Waals surface area contributed by atoms with Gasteiger partial charge < -0.3 is 10.5 Å². The Morgan fingerprint density at radius 2 is 2.00 bits per heavy atom. The molecule has 100 valence electrons. The van der Waals surface area contributed by atoms with Crippen molar-refractivity contribution in [2.75, 3.05) is 12.8 Å². The normalized spacial score (nSPS) is 16.9. The van der Waals surface area contributed by atoms with Crippen molar-refractivity contribution in [1.29, 1.82) is 0 Å². The van der Waals surface area contributed by atoms with E-state index in [0.29, 0.717) is 11.4 Å². The van der Waals surface area contributed by atoms with E-state index >= 15 is 0 Å². The van der Waals surface area contributed by atoms with Crippen LogP contribution in [0.4, 0.5) is 5.69 Å². The van der Waals surface area contributed by atoms with Crippen LogP contribution in [0.15, 0.2) is 23.1 Å². The maximum absolute atomic E-state index is 12.2. The molecule has 0 spiro atoms. The molecule has 0 aliphatic heterocycles. The largest absolute Gasteiger partial charge is 0.495 e. The lowest BCUT2D eigenvalue weighted by molar-refractivity contribution is 0.415. The third kappa shape index (κ3) is 2.76. The minimum absolute atomic E-state index is 0.0542. The molecule has 6 heteroatoms. The van der Waals surface area contributed by atoms with Gasteiger partial charge in [0.05, 0.1) is 17.7 Å². The Bertz CT molecular complexity index is 522. The molecule has 0 radical (unpaired) electrons. The molecular weight excluding hydrogens is 252 g/mol. The number of nitrogens with two attached hydrogens (primary N) is 1. The second kappa shape index (κ2) is 5.16. The van der Waals surface area contributed by atoms with Gasteiger partial charge in [-0.2, -0.15) is 0 Å². The molecule has 0 saturated heterocycles. The lowest BCUT2D eigenvalue weighted by Gasteiger charge is -2.13. The first-order valence-corrected chi connectivity index (χ1v) is 7.47. The van der Waals surface area contributed by atoms with Crippen molar-refractivity contribution in [3.63, 3.8) is 0 Å². The van der Waals surface area contributed by atoms with Gasteiger partial charge in [-0.25, -0.2) is 13.1 Å². The van der Waals surface area contributed by atoms with Crippen molar-refractivity contribution in [1.82, 2.24) is 4.72 Å². The minimum atomic E-state index is -3.48. The van der Waals surface area contributed by atoms with E-state index in [4.69, 9.17) is 10.5 Å². The van der Waals surface area contributed by atoms with Crippen molar-refractivity contribution < 1.29 is 13.2 Å². The first-order chi connectivity index (χ1) is 8.53. The summed E-state index contributed by atoms with van der Waals surface area (Å²) in [7, 11) is -2.01. The Morgan fingerprint density at radius 1 is 1.33 bits per heavy atom. The Morgan fingerprint density at radius 3 is 2.61 bits per heavy atom. The zero-order valence-electron chi connectivity index (χ0n) is 10.3. The number of ether oxygens (including phenoxy) is 1. The minimum Gasteiger partial charge on any atom is -0.495 e. The van der Waals surface area contributed by atoms with E-state index in [0.717, 1.165) is 25.7 Å². The van der Waals surface area contributed by atoms with E-state index in [1.54, 1.807) is 6.07 Å².